The maximum atomic E-state index is 12.4. The van der Waals surface area contributed by atoms with E-state index in [1.165, 1.54) is 4.68 Å². The van der Waals surface area contributed by atoms with Crippen LogP contribution in [-0.2, 0) is 7.05 Å². The van der Waals surface area contributed by atoms with Crippen molar-refractivity contribution in [3.05, 3.63) is 58.4 Å². The largest absolute Gasteiger partial charge is 0.488 e. The second kappa shape index (κ2) is 6.11. The molecule has 0 amide bonds. The minimum Gasteiger partial charge on any atom is -0.488 e. The van der Waals surface area contributed by atoms with Crippen LogP contribution >= 0.6 is 23.2 Å². The second-order valence-corrected chi connectivity index (χ2v) is 4.76. The molecule has 0 unspecified atom stereocenters. The van der Waals surface area contributed by atoms with Gasteiger partial charge in [-0.05, 0) is 18.2 Å². The summed E-state index contributed by atoms with van der Waals surface area (Å²) in [5, 5.41) is 4.33. The maximum Gasteiger partial charge on any atom is 0.212 e. The highest BCUT2D eigenvalue weighted by Gasteiger charge is 2.19. The van der Waals surface area contributed by atoms with Crippen molar-refractivity contribution in [2.75, 3.05) is 6.61 Å². The third-order valence-electron chi connectivity index (χ3n) is 2.70. The molecule has 0 aliphatic carbocycles. The fraction of sp³-hybridized carbons (Fsp3) is 0.143. The number of rotatable bonds is 5. The molecule has 0 saturated heterocycles. The zero-order valence-electron chi connectivity index (χ0n) is 10.8. The van der Waals surface area contributed by atoms with Crippen LogP contribution in [0.5, 0.6) is 5.75 Å². The molecule has 0 bridgehead atoms. The predicted octanol–water partition coefficient (Wildman–Crippen LogP) is 3.52. The molecule has 1 heterocycles. The van der Waals surface area contributed by atoms with Crippen molar-refractivity contribution >= 4 is 29.0 Å². The first-order valence-electron chi connectivity index (χ1n) is 5.80. The molecule has 0 fully saturated rings. The van der Waals surface area contributed by atoms with Crippen LogP contribution in [0.1, 0.15) is 16.1 Å². The van der Waals surface area contributed by atoms with Gasteiger partial charge in [-0.15, -0.1) is 0 Å². The molecule has 2 rings (SSSR count). The van der Waals surface area contributed by atoms with Crippen molar-refractivity contribution in [3.63, 3.8) is 0 Å². The Morgan fingerprint density at radius 2 is 2.15 bits per heavy atom. The van der Waals surface area contributed by atoms with Crippen LogP contribution in [0.4, 0.5) is 0 Å². The normalized spacial score (nSPS) is 10.3. The molecule has 0 saturated carbocycles. The molecule has 0 atom stereocenters. The smallest absolute Gasteiger partial charge is 0.212 e. The fourth-order valence-corrected chi connectivity index (χ4v) is 2.16. The summed E-state index contributed by atoms with van der Waals surface area (Å²) in [6.45, 7) is 3.86. The highest BCUT2D eigenvalue weighted by Crippen LogP contribution is 2.35. The van der Waals surface area contributed by atoms with Gasteiger partial charge in [-0.25, -0.2) is 0 Å². The minimum absolute atomic E-state index is 0.166. The van der Waals surface area contributed by atoms with Crippen molar-refractivity contribution in [1.82, 2.24) is 9.78 Å². The standard InChI is InChI=1S/C14H12Cl2N2O2/c1-3-8-20-11-5-4-9(12(15)13(11)16)14(19)10-6-7-17-18(10)2/h3-7H,1,8H2,2H3. The number of aromatic nitrogens is 2. The van der Waals surface area contributed by atoms with Crippen LogP contribution in [0.15, 0.2) is 37.1 Å². The monoisotopic (exact) mass is 310 g/mol. The number of ether oxygens (including phenoxy) is 1. The predicted molar refractivity (Wildman–Crippen MR) is 78.8 cm³/mol. The number of hydrogen-bond acceptors (Lipinski definition) is 3. The van der Waals surface area contributed by atoms with Crippen LogP contribution in [0, 0.1) is 0 Å². The molecule has 0 aliphatic rings. The molecule has 0 aliphatic heterocycles. The number of halogens is 2. The van der Waals surface area contributed by atoms with Gasteiger partial charge in [-0.3, -0.25) is 9.48 Å². The van der Waals surface area contributed by atoms with Gasteiger partial charge in [0.25, 0.3) is 0 Å². The lowest BCUT2D eigenvalue weighted by atomic mass is 10.1. The molecular weight excluding hydrogens is 299 g/mol. The minimum atomic E-state index is -0.243. The Morgan fingerprint density at radius 3 is 2.75 bits per heavy atom. The average Bonchev–Trinajstić information content (AvgIpc) is 2.86. The Labute approximate surface area is 126 Å². The zero-order valence-corrected chi connectivity index (χ0v) is 12.3. The van der Waals surface area contributed by atoms with Crippen LogP contribution in [-0.4, -0.2) is 22.2 Å². The van der Waals surface area contributed by atoms with Crippen LogP contribution in [0.2, 0.25) is 10.0 Å². The second-order valence-electron chi connectivity index (χ2n) is 4.01. The summed E-state index contributed by atoms with van der Waals surface area (Å²) in [5.74, 6) is 0.172. The lowest BCUT2D eigenvalue weighted by molar-refractivity contribution is 0.103. The van der Waals surface area contributed by atoms with Gasteiger partial charge in [0.1, 0.15) is 23.1 Å². The SMILES string of the molecule is C=CCOc1ccc(C(=O)c2ccnn2C)c(Cl)c1Cl. The average molecular weight is 311 g/mol. The summed E-state index contributed by atoms with van der Waals surface area (Å²) in [4.78, 5) is 12.4. The van der Waals surface area contributed by atoms with Gasteiger partial charge in [0.05, 0.1) is 5.02 Å². The van der Waals surface area contributed by atoms with E-state index in [1.54, 1.807) is 37.5 Å². The van der Waals surface area contributed by atoms with Gasteiger partial charge in [-0.1, -0.05) is 35.9 Å². The third kappa shape index (κ3) is 2.71. The third-order valence-corrected chi connectivity index (χ3v) is 3.57. The Bertz CT molecular complexity index is 665. The quantitative estimate of drug-likeness (QED) is 0.627. The molecule has 2 aromatic rings. The number of ketones is 1. The lowest BCUT2D eigenvalue weighted by Crippen LogP contribution is -2.09. The van der Waals surface area contributed by atoms with Crippen LogP contribution in [0.3, 0.4) is 0 Å². The van der Waals surface area contributed by atoms with Crippen molar-refractivity contribution in [3.8, 4) is 5.75 Å². The van der Waals surface area contributed by atoms with Gasteiger partial charge in [0.15, 0.2) is 0 Å². The number of carbonyl (C=O) groups excluding carboxylic acids is 1. The molecule has 0 spiro atoms. The summed E-state index contributed by atoms with van der Waals surface area (Å²) in [5.41, 5.74) is 0.744. The summed E-state index contributed by atoms with van der Waals surface area (Å²) in [6, 6.07) is 4.82. The van der Waals surface area contributed by atoms with E-state index in [0.29, 0.717) is 23.6 Å². The topological polar surface area (TPSA) is 44.1 Å². The van der Waals surface area contributed by atoms with E-state index >= 15 is 0 Å². The Morgan fingerprint density at radius 1 is 1.40 bits per heavy atom. The molecule has 104 valence electrons. The number of aryl methyl sites for hydroxylation is 1. The Kier molecular flexibility index (Phi) is 4.47. The molecule has 1 aromatic carbocycles. The van der Waals surface area contributed by atoms with Crippen molar-refractivity contribution in [2.24, 2.45) is 7.05 Å². The summed E-state index contributed by atoms with van der Waals surface area (Å²) in [6.07, 6.45) is 3.14. The van der Waals surface area contributed by atoms with E-state index in [4.69, 9.17) is 27.9 Å². The van der Waals surface area contributed by atoms with E-state index < -0.39 is 0 Å². The van der Waals surface area contributed by atoms with E-state index in [-0.39, 0.29) is 15.8 Å². The van der Waals surface area contributed by atoms with Gasteiger partial charge < -0.3 is 4.74 Å². The lowest BCUT2D eigenvalue weighted by Gasteiger charge is -2.10. The number of benzene rings is 1. The Hall–Kier alpha value is -1.78. The summed E-state index contributed by atoms with van der Waals surface area (Å²) < 4.78 is 6.83. The van der Waals surface area contributed by atoms with Crippen LogP contribution in [0.25, 0.3) is 0 Å². The first-order chi connectivity index (χ1) is 9.56. The van der Waals surface area contributed by atoms with Crippen LogP contribution < -0.4 is 4.74 Å². The van der Waals surface area contributed by atoms with E-state index in [2.05, 4.69) is 11.7 Å². The molecule has 1 aromatic heterocycles. The first-order valence-corrected chi connectivity index (χ1v) is 6.56. The molecule has 0 N–H and O–H groups in total. The molecule has 20 heavy (non-hydrogen) atoms. The number of carbonyl (C=O) groups is 1. The fourth-order valence-electron chi connectivity index (χ4n) is 1.70. The number of nitrogens with zero attached hydrogens (tertiary/aromatic N) is 2. The van der Waals surface area contributed by atoms with Gasteiger partial charge >= 0.3 is 0 Å². The molecule has 6 heteroatoms. The highest BCUT2D eigenvalue weighted by molar-refractivity contribution is 6.45. The van der Waals surface area contributed by atoms with Crippen molar-refractivity contribution < 1.29 is 9.53 Å². The Balaban J connectivity index is 2.39. The molecule has 4 nitrogen and oxygen atoms in total. The number of hydrogen-bond donors (Lipinski definition) is 0. The summed E-state index contributed by atoms with van der Waals surface area (Å²) in [7, 11) is 1.68. The van der Waals surface area contributed by atoms with Crippen molar-refractivity contribution in [2.45, 2.75) is 0 Å². The maximum absolute atomic E-state index is 12.4. The summed E-state index contributed by atoms with van der Waals surface area (Å²) >= 11 is 12.3. The van der Waals surface area contributed by atoms with E-state index in [9.17, 15) is 4.79 Å². The van der Waals surface area contributed by atoms with Gasteiger partial charge in [0, 0.05) is 18.8 Å². The highest BCUT2D eigenvalue weighted by atomic mass is 35.5. The zero-order chi connectivity index (χ0) is 14.7. The van der Waals surface area contributed by atoms with Crippen molar-refractivity contribution in [1.29, 1.82) is 0 Å². The molecule has 0 radical (unpaired) electrons. The van der Waals surface area contributed by atoms with Gasteiger partial charge in [0.2, 0.25) is 5.78 Å². The first kappa shape index (κ1) is 14.6. The molecular formula is C14H12Cl2N2O2. The van der Waals surface area contributed by atoms with E-state index in [0.717, 1.165) is 0 Å². The van der Waals surface area contributed by atoms with E-state index in [1.807, 2.05) is 0 Å². The van der Waals surface area contributed by atoms with Gasteiger partial charge in [-0.2, -0.15) is 5.10 Å².